The number of nitrogens with zero attached hydrogens (tertiary/aromatic N) is 4. The molecule has 9 heteroatoms. The average Bonchev–Trinajstić information content (AvgIpc) is 2.82. The fourth-order valence-corrected chi connectivity index (χ4v) is 4.29. The third kappa shape index (κ3) is 6.05. The maximum Gasteiger partial charge on any atom is 0.239 e. The minimum Gasteiger partial charge on any atom is -0.490 e. The van der Waals surface area contributed by atoms with E-state index in [1.54, 1.807) is 12.3 Å². The first-order valence-electron chi connectivity index (χ1n) is 11.9. The highest BCUT2D eigenvalue weighted by molar-refractivity contribution is 6.32. The molecule has 0 atom stereocenters. The number of benzene rings is 2. The van der Waals surface area contributed by atoms with Gasteiger partial charge in [-0.05, 0) is 60.2 Å². The fraction of sp³-hybridized carbons (Fsp3) is 0.370. The Hall–Kier alpha value is -3.38. The van der Waals surface area contributed by atoms with E-state index in [4.69, 9.17) is 21.1 Å². The number of aromatic nitrogens is 2. The smallest absolute Gasteiger partial charge is 0.239 e. The van der Waals surface area contributed by atoms with Gasteiger partial charge in [-0.3, -0.25) is 10.6 Å². The molecule has 36 heavy (non-hydrogen) atoms. The lowest BCUT2D eigenvalue weighted by molar-refractivity contribution is -0.0394. The summed E-state index contributed by atoms with van der Waals surface area (Å²) in [6.45, 7) is 5.04. The molecule has 0 bridgehead atoms. The van der Waals surface area contributed by atoms with Crippen molar-refractivity contribution in [2.24, 2.45) is 5.92 Å². The lowest BCUT2D eigenvalue weighted by Gasteiger charge is -2.28. The Kier molecular flexibility index (Phi) is 7.94. The Morgan fingerprint density at radius 1 is 1.17 bits per heavy atom. The van der Waals surface area contributed by atoms with Crippen molar-refractivity contribution in [3.8, 4) is 17.6 Å². The van der Waals surface area contributed by atoms with Gasteiger partial charge in [-0.2, -0.15) is 5.26 Å². The van der Waals surface area contributed by atoms with Crippen LogP contribution in [-0.2, 0) is 12.0 Å². The average molecular weight is 508 g/mol. The number of ether oxygens (including phenoxy) is 2. The van der Waals surface area contributed by atoms with E-state index in [0.29, 0.717) is 40.3 Å². The quantitative estimate of drug-likeness (QED) is 0.335. The number of hydrogen-bond acceptors (Lipinski definition) is 8. The number of hydrazine groups is 1. The second-order valence-electron chi connectivity index (χ2n) is 9.50. The van der Waals surface area contributed by atoms with Crippen molar-refractivity contribution in [2.45, 2.75) is 45.1 Å². The number of hydrogen-bond donors (Lipinski definition) is 2. The monoisotopic (exact) mass is 507 g/mol. The molecule has 0 unspecified atom stereocenters. The Morgan fingerprint density at radius 3 is 2.56 bits per heavy atom. The highest BCUT2D eigenvalue weighted by Gasteiger charge is 2.27. The first kappa shape index (κ1) is 25.7. The van der Waals surface area contributed by atoms with Gasteiger partial charge in [0.05, 0.1) is 22.9 Å². The normalized spacial score (nSPS) is 13.7. The summed E-state index contributed by atoms with van der Waals surface area (Å²) in [4.78, 5) is 8.32. The van der Waals surface area contributed by atoms with Crippen molar-refractivity contribution in [2.75, 3.05) is 19.1 Å². The third-order valence-electron chi connectivity index (χ3n) is 6.51. The van der Waals surface area contributed by atoms with Gasteiger partial charge in [0, 0.05) is 18.7 Å². The minimum absolute atomic E-state index is 0.249. The van der Waals surface area contributed by atoms with Gasteiger partial charge in [-0.1, -0.05) is 44.0 Å². The van der Waals surface area contributed by atoms with E-state index in [-0.39, 0.29) is 12.6 Å². The Morgan fingerprint density at radius 2 is 1.92 bits per heavy atom. The molecule has 1 fully saturated rings. The molecule has 0 amide bonds. The van der Waals surface area contributed by atoms with Crippen molar-refractivity contribution in [3.05, 3.63) is 76.1 Å². The molecule has 1 aromatic heterocycles. The van der Waals surface area contributed by atoms with Gasteiger partial charge in [0.15, 0.2) is 5.75 Å². The molecule has 1 heterocycles. The van der Waals surface area contributed by atoms with Crippen LogP contribution < -0.4 is 14.9 Å². The zero-order valence-corrected chi connectivity index (χ0v) is 21.4. The lowest BCUT2D eigenvalue weighted by Crippen LogP contribution is -2.22. The molecule has 4 rings (SSSR count). The summed E-state index contributed by atoms with van der Waals surface area (Å²) in [5, 5.41) is 20.3. The van der Waals surface area contributed by atoms with Crippen molar-refractivity contribution in [3.63, 3.8) is 0 Å². The second-order valence-corrected chi connectivity index (χ2v) is 9.91. The van der Waals surface area contributed by atoms with Crippen LogP contribution in [0, 0.1) is 17.2 Å². The van der Waals surface area contributed by atoms with E-state index >= 15 is 0 Å². The molecule has 0 radical (unpaired) electrons. The maximum atomic E-state index is 9.76. The molecule has 1 saturated carbocycles. The predicted octanol–water partition coefficient (Wildman–Crippen LogP) is 5.73. The van der Waals surface area contributed by atoms with Gasteiger partial charge in [0.25, 0.3) is 0 Å². The summed E-state index contributed by atoms with van der Waals surface area (Å²) in [7, 11) is 1.43. The molecule has 2 aromatic carbocycles. The fourth-order valence-electron chi connectivity index (χ4n) is 4.01. The molecule has 0 saturated heterocycles. The SMILES string of the molecule is CN(O)Nc1nccc(COc2ccc(C(C)(C)c3cc(Cl)c(OCC4CCC4)c(C#N)c3)cc2)n1. The molecular formula is C27H30ClN5O3. The van der Waals surface area contributed by atoms with Crippen LogP contribution >= 0.6 is 11.6 Å². The van der Waals surface area contributed by atoms with E-state index in [0.717, 1.165) is 16.3 Å². The summed E-state index contributed by atoms with van der Waals surface area (Å²) in [6, 6.07) is 15.6. The number of nitriles is 1. The van der Waals surface area contributed by atoms with Gasteiger partial charge < -0.3 is 9.47 Å². The number of halogens is 1. The first-order valence-corrected chi connectivity index (χ1v) is 12.3. The predicted molar refractivity (Wildman–Crippen MR) is 137 cm³/mol. The van der Waals surface area contributed by atoms with E-state index in [2.05, 4.69) is 35.3 Å². The van der Waals surface area contributed by atoms with Gasteiger partial charge in [-0.15, -0.1) is 5.17 Å². The maximum absolute atomic E-state index is 9.76. The zero-order valence-electron chi connectivity index (χ0n) is 20.7. The van der Waals surface area contributed by atoms with Gasteiger partial charge in [0.1, 0.15) is 18.4 Å². The highest BCUT2D eigenvalue weighted by Crippen LogP contribution is 2.39. The summed E-state index contributed by atoms with van der Waals surface area (Å²) in [5.74, 6) is 1.99. The second kappa shape index (κ2) is 11.1. The molecular weight excluding hydrogens is 478 g/mol. The Bertz CT molecular complexity index is 1240. The highest BCUT2D eigenvalue weighted by atomic mass is 35.5. The van der Waals surface area contributed by atoms with Crippen LogP contribution in [0.15, 0.2) is 48.7 Å². The first-order chi connectivity index (χ1) is 17.3. The molecule has 188 valence electrons. The van der Waals surface area contributed by atoms with Crippen LogP contribution in [-0.4, -0.2) is 34.0 Å². The van der Waals surface area contributed by atoms with E-state index in [9.17, 15) is 10.5 Å². The topological polar surface area (TPSA) is 104 Å². The summed E-state index contributed by atoms with van der Waals surface area (Å²) < 4.78 is 11.8. The molecule has 1 aliphatic carbocycles. The Balaban J connectivity index is 1.45. The minimum atomic E-state index is -0.399. The van der Waals surface area contributed by atoms with Crippen molar-refractivity contribution in [1.29, 1.82) is 5.26 Å². The van der Waals surface area contributed by atoms with Gasteiger partial charge >= 0.3 is 0 Å². The number of anilines is 1. The van der Waals surface area contributed by atoms with Crippen LogP contribution in [0.5, 0.6) is 11.5 Å². The standard InChI is InChI=1S/C27H30ClN5O3/c1-27(2,21-13-19(15-29)25(24(28)14-21)36-16-18-5-4-6-18)20-7-9-23(10-8-20)35-17-22-11-12-30-26(31-22)32-33(3)34/h7-14,18,34H,4-6,16-17H2,1-3H3,(H,30,31,32). The van der Waals surface area contributed by atoms with Gasteiger partial charge in [-0.25, -0.2) is 9.97 Å². The van der Waals surface area contributed by atoms with E-state index in [1.165, 1.54) is 26.3 Å². The zero-order chi connectivity index (χ0) is 25.7. The number of nitrogens with one attached hydrogen (secondary N) is 1. The van der Waals surface area contributed by atoms with Crippen molar-refractivity contribution < 1.29 is 14.7 Å². The number of rotatable bonds is 10. The molecule has 2 N–H and O–H groups in total. The lowest BCUT2D eigenvalue weighted by atomic mass is 9.77. The summed E-state index contributed by atoms with van der Waals surface area (Å²) in [5.41, 5.74) is 5.30. The van der Waals surface area contributed by atoms with Crippen LogP contribution in [0.25, 0.3) is 0 Å². The van der Waals surface area contributed by atoms with E-state index in [1.807, 2.05) is 36.4 Å². The largest absolute Gasteiger partial charge is 0.490 e. The van der Waals surface area contributed by atoms with E-state index < -0.39 is 5.41 Å². The summed E-state index contributed by atoms with van der Waals surface area (Å²) in [6.07, 6.45) is 5.17. The van der Waals surface area contributed by atoms with Crippen LogP contribution in [0.4, 0.5) is 5.95 Å². The van der Waals surface area contributed by atoms with Crippen LogP contribution in [0.3, 0.4) is 0 Å². The van der Waals surface area contributed by atoms with Crippen LogP contribution in [0.2, 0.25) is 5.02 Å². The van der Waals surface area contributed by atoms with Gasteiger partial charge in [0.2, 0.25) is 5.95 Å². The molecule has 0 aliphatic heterocycles. The Labute approximate surface area is 216 Å². The van der Waals surface area contributed by atoms with Crippen LogP contribution in [0.1, 0.15) is 55.5 Å². The van der Waals surface area contributed by atoms with Crippen molar-refractivity contribution in [1.82, 2.24) is 15.1 Å². The third-order valence-corrected chi connectivity index (χ3v) is 6.79. The molecule has 1 aliphatic rings. The molecule has 3 aromatic rings. The summed E-state index contributed by atoms with van der Waals surface area (Å²) >= 11 is 6.59. The van der Waals surface area contributed by atoms with Crippen molar-refractivity contribution >= 4 is 17.5 Å². The molecule has 0 spiro atoms. The number of hydroxylamine groups is 1. The molecule has 8 nitrogen and oxygen atoms in total.